The zero-order valence-corrected chi connectivity index (χ0v) is 23.8. The van der Waals surface area contributed by atoms with Crippen LogP contribution in [0, 0.1) is 0 Å². The third-order valence-corrected chi connectivity index (χ3v) is 19.8. The van der Waals surface area contributed by atoms with Crippen LogP contribution in [0.2, 0.25) is 11.1 Å². The van der Waals surface area contributed by atoms with Gasteiger partial charge < -0.3 is 4.12 Å². The SMILES string of the molecule is c1ccc([Si](O[Si](c2ccccc2)(c2ccccc2)C2CCCC2)(c2ccccc2)C2CCCC2)cc1. The summed E-state index contributed by atoms with van der Waals surface area (Å²) in [6.45, 7) is 0. The summed E-state index contributed by atoms with van der Waals surface area (Å²) in [5.41, 5.74) is 1.19. The molecule has 0 amide bonds. The van der Waals surface area contributed by atoms with Gasteiger partial charge in [-0.05, 0) is 31.8 Å². The normalized spacial score (nSPS) is 17.3. The molecule has 2 saturated carbocycles. The van der Waals surface area contributed by atoms with E-state index in [1.165, 1.54) is 72.1 Å². The zero-order chi connectivity index (χ0) is 25.0. The summed E-state index contributed by atoms with van der Waals surface area (Å²) < 4.78 is 8.42. The first kappa shape index (κ1) is 24.6. The molecule has 2 aliphatic carbocycles. The smallest absolute Gasteiger partial charge is 0.248 e. The highest BCUT2D eigenvalue weighted by atomic mass is 28.4. The summed E-state index contributed by atoms with van der Waals surface area (Å²) in [5, 5.41) is 5.81. The molecule has 2 aliphatic rings. The Bertz CT molecular complexity index is 1070. The van der Waals surface area contributed by atoms with Crippen LogP contribution in [0.1, 0.15) is 51.4 Å². The molecule has 4 aromatic rings. The van der Waals surface area contributed by atoms with Crippen LogP contribution >= 0.6 is 0 Å². The fourth-order valence-corrected chi connectivity index (χ4v) is 20.3. The average molecular weight is 519 g/mol. The molecule has 3 heteroatoms. The van der Waals surface area contributed by atoms with Gasteiger partial charge in [-0.3, -0.25) is 0 Å². The van der Waals surface area contributed by atoms with E-state index >= 15 is 0 Å². The van der Waals surface area contributed by atoms with Crippen LogP contribution in [0.4, 0.5) is 0 Å². The van der Waals surface area contributed by atoms with E-state index in [1.54, 1.807) is 0 Å². The van der Waals surface area contributed by atoms with Crippen LogP contribution < -0.4 is 20.7 Å². The van der Waals surface area contributed by atoms with Crippen molar-refractivity contribution in [2.24, 2.45) is 0 Å². The van der Waals surface area contributed by atoms with Gasteiger partial charge in [0, 0.05) is 0 Å². The molecule has 0 bridgehead atoms. The molecule has 0 heterocycles. The van der Waals surface area contributed by atoms with Gasteiger partial charge in [-0.25, -0.2) is 0 Å². The maximum Gasteiger partial charge on any atom is 0.248 e. The van der Waals surface area contributed by atoms with E-state index in [2.05, 4.69) is 121 Å². The minimum atomic E-state index is -2.62. The van der Waals surface area contributed by atoms with Gasteiger partial charge in [-0.2, -0.15) is 0 Å². The Morgan fingerprint density at radius 2 is 0.622 bits per heavy atom. The third kappa shape index (κ3) is 4.48. The molecule has 0 spiro atoms. The van der Waals surface area contributed by atoms with Crippen LogP contribution in [0.5, 0.6) is 0 Å². The van der Waals surface area contributed by atoms with Crippen LogP contribution in [0.25, 0.3) is 0 Å². The quantitative estimate of drug-likeness (QED) is 0.245. The predicted octanol–water partition coefficient (Wildman–Crippen LogP) is 6.41. The largest absolute Gasteiger partial charge is 0.441 e. The van der Waals surface area contributed by atoms with E-state index in [-0.39, 0.29) is 0 Å². The molecule has 0 atom stereocenters. The summed E-state index contributed by atoms with van der Waals surface area (Å²) in [7, 11) is -5.24. The number of benzene rings is 4. The Balaban J connectivity index is 1.66. The number of hydrogen-bond donors (Lipinski definition) is 0. The Morgan fingerprint density at radius 1 is 0.378 bits per heavy atom. The van der Waals surface area contributed by atoms with Crippen LogP contribution in [-0.2, 0) is 4.12 Å². The van der Waals surface area contributed by atoms with Gasteiger partial charge in [-0.1, -0.05) is 173 Å². The summed E-state index contributed by atoms with van der Waals surface area (Å²) in [6.07, 6.45) is 10.4. The summed E-state index contributed by atoms with van der Waals surface area (Å²) >= 11 is 0. The van der Waals surface area contributed by atoms with Gasteiger partial charge in [0.1, 0.15) is 0 Å². The maximum absolute atomic E-state index is 8.42. The fraction of sp³-hybridized carbons (Fsp3) is 0.294. The highest BCUT2D eigenvalue weighted by Gasteiger charge is 2.57. The van der Waals surface area contributed by atoms with E-state index in [1.807, 2.05) is 0 Å². The Kier molecular flexibility index (Phi) is 7.28. The molecule has 0 aliphatic heterocycles. The summed E-state index contributed by atoms with van der Waals surface area (Å²) in [4.78, 5) is 0. The van der Waals surface area contributed by atoms with Crippen molar-refractivity contribution in [1.29, 1.82) is 0 Å². The van der Waals surface area contributed by atoms with Crippen LogP contribution in [0.15, 0.2) is 121 Å². The lowest BCUT2D eigenvalue weighted by Crippen LogP contribution is -2.75. The predicted molar refractivity (Wildman–Crippen MR) is 161 cm³/mol. The topological polar surface area (TPSA) is 9.23 Å². The molecule has 0 unspecified atom stereocenters. The lowest BCUT2D eigenvalue weighted by molar-refractivity contribution is 0.519. The molecular weight excluding hydrogens is 481 g/mol. The third-order valence-electron chi connectivity index (χ3n) is 8.99. The Hall–Kier alpha value is -2.73. The monoisotopic (exact) mass is 518 g/mol. The Morgan fingerprint density at radius 3 is 0.865 bits per heavy atom. The second-order valence-corrected chi connectivity index (χ2v) is 18.7. The molecule has 37 heavy (non-hydrogen) atoms. The average Bonchev–Trinajstić information content (AvgIpc) is 3.72. The van der Waals surface area contributed by atoms with Crippen molar-refractivity contribution >= 4 is 37.4 Å². The van der Waals surface area contributed by atoms with Gasteiger partial charge in [0.05, 0.1) is 0 Å². The second kappa shape index (κ2) is 10.9. The molecule has 1 nitrogen and oxygen atoms in total. The molecule has 2 fully saturated rings. The highest BCUT2D eigenvalue weighted by molar-refractivity contribution is 7.10. The summed E-state index contributed by atoms with van der Waals surface area (Å²) in [6, 6.07) is 45.7. The van der Waals surface area contributed by atoms with Crippen molar-refractivity contribution in [1.82, 2.24) is 0 Å². The first-order valence-corrected chi connectivity index (χ1v) is 18.2. The van der Waals surface area contributed by atoms with Gasteiger partial charge in [0.25, 0.3) is 0 Å². The van der Waals surface area contributed by atoms with E-state index in [9.17, 15) is 0 Å². The van der Waals surface area contributed by atoms with Crippen molar-refractivity contribution < 1.29 is 4.12 Å². The van der Waals surface area contributed by atoms with Gasteiger partial charge in [0.15, 0.2) is 0 Å². The van der Waals surface area contributed by atoms with Crippen molar-refractivity contribution in [2.75, 3.05) is 0 Å². The van der Waals surface area contributed by atoms with E-state index < -0.39 is 16.6 Å². The van der Waals surface area contributed by atoms with Crippen LogP contribution in [-0.4, -0.2) is 16.6 Å². The highest BCUT2D eigenvalue weighted by Crippen LogP contribution is 2.45. The van der Waals surface area contributed by atoms with Crippen molar-refractivity contribution in [3.8, 4) is 0 Å². The molecule has 188 valence electrons. The van der Waals surface area contributed by atoms with Crippen molar-refractivity contribution in [3.63, 3.8) is 0 Å². The first-order chi connectivity index (χ1) is 18.3. The standard InChI is InChI=1S/C34H38OSi2/c1-5-17-29(18-6-1)36(33-25-13-14-26-33,30-19-7-2-8-20-30)35-37(34-27-15-16-28-34,31-21-9-3-10-22-31)32-23-11-4-12-24-32/h1-12,17-24,33-34H,13-16,25-28H2. The minimum absolute atomic E-state index is 0.595. The van der Waals surface area contributed by atoms with E-state index in [0.29, 0.717) is 11.1 Å². The summed E-state index contributed by atoms with van der Waals surface area (Å²) in [5.74, 6) is 0. The van der Waals surface area contributed by atoms with E-state index in [4.69, 9.17) is 4.12 Å². The lowest BCUT2D eigenvalue weighted by atomic mass is 10.3. The molecule has 0 N–H and O–H groups in total. The molecule has 6 rings (SSSR count). The molecule has 0 saturated heterocycles. The molecule has 4 aromatic carbocycles. The van der Waals surface area contributed by atoms with Crippen molar-refractivity contribution in [3.05, 3.63) is 121 Å². The second-order valence-electron chi connectivity index (χ2n) is 11.0. The fourth-order valence-electron chi connectivity index (χ4n) is 7.34. The maximum atomic E-state index is 8.42. The molecule has 0 radical (unpaired) electrons. The first-order valence-electron chi connectivity index (χ1n) is 14.3. The van der Waals surface area contributed by atoms with Crippen molar-refractivity contribution in [2.45, 2.75) is 62.4 Å². The number of rotatable bonds is 8. The Labute approximate surface area is 224 Å². The molecule has 0 aromatic heterocycles. The number of hydrogen-bond acceptors (Lipinski definition) is 1. The van der Waals surface area contributed by atoms with Crippen LogP contribution in [0.3, 0.4) is 0 Å². The molecular formula is C34H38OSi2. The lowest BCUT2D eigenvalue weighted by Gasteiger charge is -2.48. The van der Waals surface area contributed by atoms with Gasteiger partial charge >= 0.3 is 0 Å². The minimum Gasteiger partial charge on any atom is -0.441 e. The zero-order valence-electron chi connectivity index (χ0n) is 21.8. The van der Waals surface area contributed by atoms with Gasteiger partial charge in [-0.15, -0.1) is 0 Å². The van der Waals surface area contributed by atoms with E-state index in [0.717, 1.165) is 0 Å². The van der Waals surface area contributed by atoms with Gasteiger partial charge in [0.2, 0.25) is 16.6 Å².